The van der Waals surface area contributed by atoms with Gasteiger partial charge in [0.1, 0.15) is 0 Å². The summed E-state index contributed by atoms with van der Waals surface area (Å²) in [5.74, 6) is 2.75. The maximum Gasteiger partial charge on any atom is -0.00210 e. The zero-order valence-corrected chi connectivity index (χ0v) is 10.6. The van der Waals surface area contributed by atoms with Crippen molar-refractivity contribution in [2.75, 3.05) is 13.6 Å². The van der Waals surface area contributed by atoms with Crippen LogP contribution < -0.4 is 5.32 Å². The van der Waals surface area contributed by atoms with E-state index in [1.807, 2.05) is 0 Å². The van der Waals surface area contributed by atoms with Crippen molar-refractivity contribution < 1.29 is 0 Å². The van der Waals surface area contributed by atoms with Crippen LogP contribution in [0.1, 0.15) is 47.0 Å². The Labute approximate surface area is 89.7 Å². The monoisotopic (exact) mass is 197 g/mol. The van der Waals surface area contributed by atoms with Gasteiger partial charge < -0.3 is 5.32 Å². The smallest absolute Gasteiger partial charge is 0.00210 e. The molecule has 3 unspecified atom stereocenters. The van der Waals surface area contributed by atoms with Crippen LogP contribution in [0.15, 0.2) is 0 Å². The summed E-state index contributed by atoms with van der Waals surface area (Å²) in [6.45, 7) is 10.8. The third-order valence-electron chi connectivity index (χ3n) is 4.04. The fraction of sp³-hybridized carbons (Fsp3) is 1.00. The predicted octanol–water partition coefficient (Wildman–Crippen LogP) is 3.30. The molecule has 0 radical (unpaired) electrons. The zero-order valence-electron chi connectivity index (χ0n) is 10.6. The first-order chi connectivity index (χ1) is 6.45. The molecule has 1 aliphatic rings. The Morgan fingerprint density at radius 2 is 1.86 bits per heavy atom. The maximum atomic E-state index is 3.32. The predicted molar refractivity (Wildman–Crippen MR) is 63.4 cm³/mol. The average Bonchev–Trinajstić information content (AvgIpc) is 2.07. The zero-order chi connectivity index (χ0) is 10.8. The molecule has 1 saturated carbocycles. The van der Waals surface area contributed by atoms with Gasteiger partial charge in [0.05, 0.1) is 0 Å². The van der Waals surface area contributed by atoms with Crippen molar-refractivity contribution in [1.82, 2.24) is 5.32 Å². The Morgan fingerprint density at radius 1 is 1.21 bits per heavy atom. The molecule has 1 nitrogen and oxygen atoms in total. The molecule has 0 saturated heterocycles. The van der Waals surface area contributed by atoms with Crippen LogP contribution in [0.4, 0.5) is 0 Å². The molecule has 14 heavy (non-hydrogen) atoms. The van der Waals surface area contributed by atoms with Gasteiger partial charge in [-0.2, -0.15) is 0 Å². The van der Waals surface area contributed by atoms with Crippen molar-refractivity contribution >= 4 is 0 Å². The molecule has 0 bridgehead atoms. The van der Waals surface area contributed by atoms with Gasteiger partial charge in [-0.3, -0.25) is 0 Å². The van der Waals surface area contributed by atoms with Gasteiger partial charge in [-0.15, -0.1) is 0 Å². The van der Waals surface area contributed by atoms with Crippen LogP contribution in [0.2, 0.25) is 0 Å². The van der Waals surface area contributed by atoms with Gasteiger partial charge in [-0.05, 0) is 56.0 Å². The highest BCUT2D eigenvalue weighted by Gasteiger charge is 2.33. The van der Waals surface area contributed by atoms with Crippen LogP contribution in [-0.4, -0.2) is 13.6 Å². The molecule has 0 amide bonds. The molecule has 1 fully saturated rings. The van der Waals surface area contributed by atoms with Crippen molar-refractivity contribution in [1.29, 1.82) is 0 Å². The van der Waals surface area contributed by atoms with E-state index in [1.165, 1.54) is 25.8 Å². The Kier molecular flexibility index (Phi) is 4.00. The van der Waals surface area contributed by atoms with E-state index in [1.54, 1.807) is 0 Å². The van der Waals surface area contributed by atoms with E-state index in [9.17, 15) is 0 Å². The van der Waals surface area contributed by atoms with Gasteiger partial charge in [0.15, 0.2) is 0 Å². The summed E-state index contributed by atoms with van der Waals surface area (Å²) in [6.07, 6.45) is 4.28. The topological polar surface area (TPSA) is 12.0 Å². The largest absolute Gasteiger partial charge is 0.319 e. The molecule has 84 valence electrons. The Balaban J connectivity index is 2.46. The minimum absolute atomic E-state index is 0.513. The van der Waals surface area contributed by atoms with Crippen LogP contribution >= 0.6 is 0 Å². The molecule has 1 N–H and O–H groups in total. The molecule has 1 rings (SSSR count). The maximum absolute atomic E-state index is 3.32. The fourth-order valence-electron chi connectivity index (χ4n) is 2.81. The third-order valence-corrected chi connectivity index (χ3v) is 4.04. The molecule has 0 aliphatic heterocycles. The summed E-state index contributed by atoms with van der Waals surface area (Å²) in [5, 5.41) is 3.32. The first kappa shape index (κ1) is 12.0. The lowest BCUT2D eigenvalue weighted by Crippen LogP contribution is -2.34. The van der Waals surface area contributed by atoms with E-state index in [0.717, 1.165) is 17.8 Å². The second-order valence-corrected chi connectivity index (χ2v) is 6.17. The van der Waals surface area contributed by atoms with E-state index < -0.39 is 0 Å². The highest BCUT2D eigenvalue weighted by Crippen LogP contribution is 2.42. The minimum atomic E-state index is 0.513. The fourth-order valence-corrected chi connectivity index (χ4v) is 2.81. The molecule has 0 heterocycles. The van der Waals surface area contributed by atoms with Crippen molar-refractivity contribution in [3.05, 3.63) is 0 Å². The van der Waals surface area contributed by atoms with Gasteiger partial charge in [-0.25, -0.2) is 0 Å². The summed E-state index contributed by atoms with van der Waals surface area (Å²) < 4.78 is 0. The van der Waals surface area contributed by atoms with E-state index in [0.29, 0.717) is 5.41 Å². The van der Waals surface area contributed by atoms with E-state index in [2.05, 4.69) is 40.1 Å². The first-order valence-electron chi connectivity index (χ1n) is 6.09. The van der Waals surface area contributed by atoms with Gasteiger partial charge >= 0.3 is 0 Å². The van der Waals surface area contributed by atoms with Gasteiger partial charge in [0.2, 0.25) is 0 Å². The highest BCUT2D eigenvalue weighted by molar-refractivity contribution is 4.84. The number of rotatable bonds is 2. The van der Waals surface area contributed by atoms with Crippen molar-refractivity contribution in [3.8, 4) is 0 Å². The average molecular weight is 197 g/mol. The van der Waals surface area contributed by atoms with Crippen LogP contribution in [-0.2, 0) is 0 Å². The van der Waals surface area contributed by atoms with Crippen LogP contribution in [0, 0.1) is 23.2 Å². The molecule has 0 aromatic heterocycles. The SMILES string of the molecule is CNCC1CCC(C(C)(C)C)CC1C. The second kappa shape index (κ2) is 4.65. The summed E-state index contributed by atoms with van der Waals surface area (Å²) in [5.41, 5.74) is 0.513. The van der Waals surface area contributed by atoms with Gasteiger partial charge in [0.25, 0.3) is 0 Å². The van der Waals surface area contributed by atoms with Crippen LogP contribution in [0.25, 0.3) is 0 Å². The van der Waals surface area contributed by atoms with Crippen LogP contribution in [0.3, 0.4) is 0 Å². The number of nitrogens with one attached hydrogen (secondary N) is 1. The van der Waals surface area contributed by atoms with Gasteiger partial charge in [0, 0.05) is 0 Å². The van der Waals surface area contributed by atoms with Crippen LogP contribution in [0.5, 0.6) is 0 Å². The molecule has 0 spiro atoms. The molecular weight excluding hydrogens is 170 g/mol. The summed E-state index contributed by atoms with van der Waals surface area (Å²) in [6, 6.07) is 0. The van der Waals surface area contributed by atoms with E-state index >= 15 is 0 Å². The van der Waals surface area contributed by atoms with Crippen molar-refractivity contribution in [2.24, 2.45) is 23.2 Å². The molecule has 0 aromatic carbocycles. The lowest BCUT2D eigenvalue weighted by molar-refractivity contribution is 0.107. The lowest BCUT2D eigenvalue weighted by Gasteiger charge is -2.40. The summed E-state index contributed by atoms with van der Waals surface area (Å²) in [7, 11) is 2.07. The highest BCUT2D eigenvalue weighted by atomic mass is 14.8. The molecule has 1 heteroatoms. The molecule has 3 atom stereocenters. The number of hydrogen-bond donors (Lipinski definition) is 1. The minimum Gasteiger partial charge on any atom is -0.319 e. The van der Waals surface area contributed by atoms with E-state index in [-0.39, 0.29) is 0 Å². The third kappa shape index (κ3) is 2.98. The number of hydrogen-bond acceptors (Lipinski definition) is 1. The molecular formula is C13H27N. The second-order valence-electron chi connectivity index (χ2n) is 6.17. The summed E-state index contributed by atoms with van der Waals surface area (Å²) in [4.78, 5) is 0. The Hall–Kier alpha value is -0.0400. The Bertz CT molecular complexity index is 169. The lowest BCUT2D eigenvalue weighted by atomic mass is 9.66. The standard InChI is InChI=1S/C13H27N/c1-10-8-12(13(2,3)4)7-6-11(10)9-14-5/h10-12,14H,6-9H2,1-5H3. The van der Waals surface area contributed by atoms with Crippen molar-refractivity contribution in [2.45, 2.75) is 47.0 Å². The van der Waals surface area contributed by atoms with E-state index in [4.69, 9.17) is 0 Å². The quantitative estimate of drug-likeness (QED) is 0.716. The Morgan fingerprint density at radius 3 is 2.29 bits per heavy atom. The summed E-state index contributed by atoms with van der Waals surface area (Å²) >= 11 is 0. The first-order valence-corrected chi connectivity index (χ1v) is 6.09. The van der Waals surface area contributed by atoms with Crippen molar-refractivity contribution in [3.63, 3.8) is 0 Å². The molecule has 0 aromatic rings. The molecule has 1 aliphatic carbocycles. The van der Waals surface area contributed by atoms with Gasteiger partial charge in [-0.1, -0.05) is 27.7 Å². The normalized spacial score (nSPS) is 34.5.